The lowest BCUT2D eigenvalue weighted by atomic mass is 10.0. The van der Waals surface area contributed by atoms with Gasteiger partial charge in [0.1, 0.15) is 11.6 Å². The second-order valence-corrected chi connectivity index (χ2v) is 6.44. The van der Waals surface area contributed by atoms with Crippen LogP contribution in [0.5, 0.6) is 5.75 Å². The van der Waals surface area contributed by atoms with Gasteiger partial charge in [0.15, 0.2) is 0 Å². The van der Waals surface area contributed by atoms with Gasteiger partial charge in [0.05, 0.1) is 23.9 Å². The molecule has 1 aromatic heterocycles. The van der Waals surface area contributed by atoms with E-state index < -0.39 is 6.03 Å². The lowest BCUT2D eigenvalue weighted by Gasteiger charge is -2.26. The zero-order valence-electron chi connectivity index (χ0n) is 14.7. The Hall–Kier alpha value is -3.35. The number of fused-ring (bicyclic) bond motifs is 2. The molecule has 27 heavy (non-hydrogen) atoms. The largest absolute Gasteiger partial charge is 0.493 e. The molecule has 4 rings (SSSR count). The third-order valence-corrected chi connectivity index (χ3v) is 4.73. The van der Waals surface area contributed by atoms with Crippen LogP contribution in [0.1, 0.15) is 18.0 Å². The maximum absolute atomic E-state index is 13.6. The zero-order valence-corrected chi connectivity index (χ0v) is 14.7. The normalized spacial score (nSPS) is 15.7. The summed E-state index contributed by atoms with van der Waals surface area (Å²) in [5.74, 6) is 0.203. The number of pyridine rings is 1. The van der Waals surface area contributed by atoms with Crippen LogP contribution in [0, 0.1) is 5.82 Å². The summed E-state index contributed by atoms with van der Waals surface area (Å²) in [6, 6.07) is 12.0. The van der Waals surface area contributed by atoms with Crippen molar-refractivity contribution in [3.8, 4) is 5.75 Å². The Morgan fingerprint density at radius 1 is 1.22 bits per heavy atom. The van der Waals surface area contributed by atoms with E-state index in [1.165, 1.54) is 22.8 Å². The summed E-state index contributed by atoms with van der Waals surface area (Å²) in [5, 5.41) is 6.46. The second kappa shape index (κ2) is 6.75. The number of amides is 2. The first-order valence-electron chi connectivity index (χ1n) is 8.61. The number of aromatic nitrogens is 1. The molecule has 3 aromatic rings. The highest BCUT2D eigenvalue weighted by Gasteiger charge is 2.24. The predicted molar refractivity (Wildman–Crippen MR) is 101 cm³/mol. The fourth-order valence-corrected chi connectivity index (χ4v) is 3.35. The first-order valence-corrected chi connectivity index (χ1v) is 8.61. The predicted octanol–water partition coefficient (Wildman–Crippen LogP) is 3.32. The van der Waals surface area contributed by atoms with Gasteiger partial charge in [-0.15, -0.1) is 0 Å². The minimum atomic E-state index is -0.404. The number of aryl methyl sites for hydroxylation is 1. The van der Waals surface area contributed by atoms with Gasteiger partial charge in [-0.25, -0.2) is 9.18 Å². The quantitative estimate of drug-likeness (QED) is 0.730. The smallest absolute Gasteiger partial charge is 0.319 e. The van der Waals surface area contributed by atoms with Crippen LogP contribution in [-0.2, 0) is 7.05 Å². The number of nitrogens with zero attached hydrogens (tertiary/aromatic N) is 1. The Labute approximate surface area is 154 Å². The maximum Gasteiger partial charge on any atom is 0.319 e. The van der Waals surface area contributed by atoms with E-state index in [0.29, 0.717) is 30.0 Å². The number of nitrogens with one attached hydrogen (secondary N) is 2. The van der Waals surface area contributed by atoms with Crippen molar-refractivity contribution >= 4 is 22.6 Å². The van der Waals surface area contributed by atoms with Gasteiger partial charge in [0, 0.05) is 30.5 Å². The van der Waals surface area contributed by atoms with E-state index in [0.717, 1.165) is 10.9 Å². The molecular formula is C20H18FN3O3. The van der Waals surface area contributed by atoms with Crippen molar-refractivity contribution in [1.29, 1.82) is 0 Å². The number of ether oxygens (including phenoxy) is 1. The number of anilines is 1. The minimum Gasteiger partial charge on any atom is -0.493 e. The van der Waals surface area contributed by atoms with E-state index in [1.807, 2.05) is 6.07 Å². The minimum absolute atomic E-state index is 0.120. The van der Waals surface area contributed by atoms with E-state index in [-0.39, 0.29) is 17.4 Å². The van der Waals surface area contributed by atoms with Gasteiger partial charge >= 0.3 is 6.03 Å². The first-order chi connectivity index (χ1) is 13.0. The van der Waals surface area contributed by atoms with Crippen molar-refractivity contribution in [2.24, 2.45) is 7.05 Å². The summed E-state index contributed by atoms with van der Waals surface area (Å²) in [4.78, 5) is 24.3. The van der Waals surface area contributed by atoms with Gasteiger partial charge in [-0.2, -0.15) is 0 Å². The van der Waals surface area contributed by atoms with E-state index >= 15 is 0 Å². The Morgan fingerprint density at radius 2 is 2.07 bits per heavy atom. The van der Waals surface area contributed by atoms with Crippen molar-refractivity contribution in [3.05, 3.63) is 70.3 Å². The molecule has 0 fully saturated rings. The van der Waals surface area contributed by atoms with Crippen molar-refractivity contribution in [1.82, 2.24) is 9.88 Å². The number of carbonyl (C=O) groups is 1. The third kappa shape index (κ3) is 3.23. The molecule has 0 spiro atoms. The van der Waals surface area contributed by atoms with Crippen LogP contribution < -0.4 is 20.9 Å². The fourth-order valence-electron chi connectivity index (χ4n) is 3.35. The zero-order chi connectivity index (χ0) is 19.0. The van der Waals surface area contributed by atoms with Crippen molar-refractivity contribution in [2.45, 2.75) is 12.5 Å². The lowest BCUT2D eigenvalue weighted by Crippen LogP contribution is -2.35. The van der Waals surface area contributed by atoms with E-state index in [2.05, 4.69) is 10.6 Å². The Bertz CT molecular complexity index is 1090. The number of hydrogen-bond donors (Lipinski definition) is 2. The number of benzene rings is 2. The summed E-state index contributed by atoms with van der Waals surface area (Å²) in [6.07, 6.45) is 0.550. The first kappa shape index (κ1) is 17.1. The average Bonchev–Trinajstić information content (AvgIpc) is 2.65. The van der Waals surface area contributed by atoms with Crippen LogP contribution in [0.3, 0.4) is 0 Å². The lowest BCUT2D eigenvalue weighted by molar-refractivity contribution is 0.232. The third-order valence-electron chi connectivity index (χ3n) is 4.73. The molecular weight excluding hydrogens is 349 g/mol. The maximum atomic E-state index is 13.6. The molecule has 2 heterocycles. The van der Waals surface area contributed by atoms with Crippen LogP contribution in [-0.4, -0.2) is 17.2 Å². The van der Waals surface area contributed by atoms with E-state index in [1.54, 1.807) is 31.3 Å². The second-order valence-electron chi connectivity index (χ2n) is 6.44. The van der Waals surface area contributed by atoms with Crippen LogP contribution in [0.2, 0.25) is 0 Å². The molecule has 1 aliphatic rings. The SMILES string of the molecule is Cn1c(=O)ccc2c(NC(=O)N[C@@H]3CCOc4ccc(F)cc43)cccc21. The average molecular weight is 367 g/mol. The summed E-state index contributed by atoms with van der Waals surface area (Å²) in [6.45, 7) is 0.444. The highest BCUT2D eigenvalue weighted by atomic mass is 19.1. The molecule has 138 valence electrons. The molecule has 2 aromatic carbocycles. The molecule has 0 saturated heterocycles. The summed E-state index contributed by atoms with van der Waals surface area (Å²) in [7, 11) is 1.68. The summed E-state index contributed by atoms with van der Waals surface area (Å²) >= 11 is 0. The van der Waals surface area contributed by atoms with Gasteiger partial charge in [-0.1, -0.05) is 6.07 Å². The standard InChI is InChI=1S/C20H18FN3O3/c1-24-17-4-2-3-15(13(17)6-8-19(24)25)22-20(26)23-16-9-10-27-18-7-5-12(21)11-14(16)18/h2-8,11,16H,9-10H2,1H3,(H2,22,23,26)/t16-/m1/s1. The number of carbonyl (C=O) groups excluding carboxylic acids is 1. The van der Waals surface area contributed by atoms with Gasteiger partial charge in [-0.3, -0.25) is 4.79 Å². The topological polar surface area (TPSA) is 72.4 Å². The van der Waals surface area contributed by atoms with Crippen molar-refractivity contribution in [3.63, 3.8) is 0 Å². The number of hydrogen-bond acceptors (Lipinski definition) is 3. The number of urea groups is 1. The van der Waals surface area contributed by atoms with Crippen LogP contribution in [0.15, 0.2) is 53.3 Å². The molecule has 0 aliphatic carbocycles. The Morgan fingerprint density at radius 3 is 2.93 bits per heavy atom. The molecule has 2 N–H and O–H groups in total. The van der Waals surface area contributed by atoms with Crippen LogP contribution in [0.25, 0.3) is 10.9 Å². The van der Waals surface area contributed by atoms with Gasteiger partial charge in [-0.05, 0) is 36.4 Å². The molecule has 1 aliphatic heterocycles. The monoisotopic (exact) mass is 367 g/mol. The molecule has 2 amide bonds. The van der Waals surface area contributed by atoms with E-state index in [9.17, 15) is 14.0 Å². The van der Waals surface area contributed by atoms with Crippen molar-refractivity contribution < 1.29 is 13.9 Å². The molecule has 1 atom stereocenters. The van der Waals surface area contributed by atoms with Crippen LogP contribution >= 0.6 is 0 Å². The molecule has 7 heteroatoms. The molecule has 0 saturated carbocycles. The highest BCUT2D eigenvalue weighted by Crippen LogP contribution is 2.32. The van der Waals surface area contributed by atoms with Gasteiger partial charge in [0.25, 0.3) is 5.56 Å². The highest BCUT2D eigenvalue weighted by molar-refractivity contribution is 6.00. The van der Waals surface area contributed by atoms with Crippen molar-refractivity contribution in [2.75, 3.05) is 11.9 Å². The summed E-state index contributed by atoms with van der Waals surface area (Å²) < 4.78 is 20.6. The number of halogens is 1. The molecule has 0 bridgehead atoms. The fraction of sp³-hybridized carbons (Fsp3) is 0.200. The van der Waals surface area contributed by atoms with Gasteiger partial charge < -0.3 is 19.9 Å². The Balaban J connectivity index is 1.58. The molecule has 0 radical (unpaired) electrons. The molecule has 6 nitrogen and oxygen atoms in total. The Kier molecular flexibility index (Phi) is 4.27. The number of rotatable bonds is 2. The summed E-state index contributed by atoms with van der Waals surface area (Å²) in [5.41, 5.74) is 1.81. The van der Waals surface area contributed by atoms with E-state index in [4.69, 9.17) is 4.74 Å². The van der Waals surface area contributed by atoms with Gasteiger partial charge in [0.2, 0.25) is 0 Å². The molecule has 0 unspecified atom stereocenters. The van der Waals surface area contributed by atoms with Crippen LogP contribution in [0.4, 0.5) is 14.9 Å².